The van der Waals surface area contributed by atoms with Gasteiger partial charge in [0, 0.05) is 10.7 Å². The molecule has 1 aromatic carbocycles. The van der Waals surface area contributed by atoms with Gasteiger partial charge in [0.25, 0.3) is 0 Å². The predicted octanol–water partition coefficient (Wildman–Crippen LogP) is 4.16. The van der Waals surface area contributed by atoms with Gasteiger partial charge in [-0.2, -0.15) is 0 Å². The smallest absolute Gasteiger partial charge is 0.231 e. The summed E-state index contributed by atoms with van der Waals surface area (Å²) in [7, 11) is 0. The number of hydrogen-bond acceptors (Lipinski definition) is 2. The van der Waals surface area contributed by atoms with Gasteiger partial charge in [-0.25, -0.2) is 0 Å². The van der Waals surface area contributed by atoms with E-state index in [1.165, 1.54) is 0 Å². The highest BCUT2D eigenvalue weighted by Gasteiger charge is 2.72. The minimum absolute atomic E-state index is 0.0118. The fourth-order valence-electron chi connectivity index (χ4n) is 4.55. The molecule has 120 valence electrons. The van der Waals surface area contributed by atoms with Crippen LogP contribution in [0.5, 0.6) is 0 Å². The van der Waals surface area contributed by atoms with Gasteiger partial charge in [0.2, 0.25) is 5.91 Å². The van der Waals surface area contributed by atoms with Gasteiger partial charge >= 0.3 is 0 Å². The van der Waals surface area contributed by atoms with Gasteiger partial charge in [-0.05, 0) is 54.7 Å². The van der Waals surface area contributed by atoms with Crippen molar-refractivity contribution < 1.29 is 9.90 Å². The van der Waals surface area contributed by atoms with Crippen LogP contribution in [0, 0.1) is 23.2 Å². The summed E-state index contributed by atoms with van der Waals surface area (Å²) in [5.74, 6) is 0.0118. The van der Waals surface area contributed by atoms with Crippen LogP contribution in [0.25, 0.3) is 0 Å². The zero-order valence-electron chi connectivity index (χ0n) is 13.7. The molecular weight excluding hydrogens is 298 g/mol. The van der Waals surface area contributed by atoms with Gasteiger partial charge in [-0.1, -0.05) is 38.4 Å². The van der Waals surface area contributed by atoms with E-state index in [1.54, 1.807) is 6.07 Å². The number of hydrogen-bond donors (Lipinski definition) is 2. The Hall–Kier alpha value is -1.06. The molecule has 0 spiro atoms. The number of halogens is 1. The predicted molar refractivity (Wildman–Crippen MR) is 89.0 cm³/mol. The van der Waals surface area contributed by atoms with Crippen LogP contribution in [0.15, 0.2) is 18.2 Å². The normalized spacial score (nSPS) is 35.6. The Balaban J connectivity index is 1.91. The average Bonchev–Trinajstić information content (AvgIpc) is 2.73. The van der Waals surface area contributed by atoms with Crippen molar-refractivity contribution in [2.24, 2.45) is 16.2 Å². The molecule has 3 rings (SSSR count). The third-order valence-electron chi connectivity index (χ3n) is 6.84. The van der Waals surface area contributed by atoms with Crippen molar-refractivity contribution in [3.8, 4) is 0 Å². The molecular formula is C18H24ClNO2. The molecule has 0 aliphatic heterocycles. The number of aryl methyl sites for hydroxylation is 1. The molecule has 2 saturated carbocycles. The SMILES string of the molecule is Cc1ccc(NC(=O)C23CCC(C)(C(O)C2)C3(C)C)cc1Cl. The number of anilines is 1. The number of carbonyl (C=O) groups is 1. The lowest BCUT2D eigenvalue weighted by atomic mass is 9.64. The lowest BCUT2D eigenvalue weighted by Gasteiger charge is -2.40. The molecule has 22 heavy (non-hydrogen) atoms. The minimum atomic E-state index is -0.501. The topological polar surface area (TPSA) is 49.3 Å². The summed E-state index contributed by atoms with van der Waals surface area (Å²) < 4.78 is 0. The Morgan fingerprint density at radius 2 is 2.00 bits per heavy atom. The van der Waals surface area contributed by atoms with Crippen molar-refractivity contribution in [3.63, 3.8) is 0 Å². The number of fused-ring (bicyclic) bond motifs is 2. The minimum Gasteiger partial charge on any atom is -0.393 e. The second kappa shape index (κ2) is 4.72. The van der Waals surface area contributed by atoms with E-state index in [1.807, 2.05) is 19.1 Å². The van der Waals surface area contributed by atoms with Gasteiger partial charge in [-0.15, -0.1) is 0 Å². The first kappa shape index (κ1) is 15.8. The van der Waals surface area contributed by atoms with Crippen LogP contribution in [0.4, 0.5) is 5.69 Å². The summed E-state index contributed by atoms with van der Waals surface area (Å²) in [5, 5.41) is 14.2. The Bertz CT molecular complexity index is 642. The van der Waals surface area contributed by atoms with Crippen molar-refractivity contribution >= 4 is 23.2 Å². The van der Waals surface area contributed by atoms with Crippen molar-refractivity contribution in [1.82, 2.24) is 0 Å². The first-order valence-electron chi connectivity index (χ1n) is 7.90. The molecule has 2 aliphatic carbocycles. The molecule has 3 atom stereocenters. The first-order chi connectivity index (χ1) is 10.1. The van der Waals surface area contributed by atoms with Crippen LogP contribution < -0.4 is 5.32 Å². The van der Waals surface area contributed by atoms with E-state index >= 15 is 0 Å². The number of rotatable bonds is 2. The van der Waals surface area contributed by atoms with Crippen LogP contribution >= 0.6 is 11.6 Å². The average molecular weight is 322 g/mol. The molecule has 2 fully saturated rings. The summed E-state index contributed by atoms with van der Waals surface area (Å²) in [6.45, 7) is 8.30. The van der Waals surface area contributed by atoms with Crippen LogP contribution in [0.2, 0.25) is 5.02 Å². The number of nitrogens with one attached hydrogen (secondary N) is 1. The van der Waals surface area contributed by atoms with Gasteiger partial charge < -0.3 is 10.4 Å². The molecule has 4 heteroatoms. The van der Waals surface area contributed by atoms with Crippen molar-refractivity contribution in [2.75, 3.05) is 5.32 Å². The third kappa shape index (κ3) is 1.82. The Morgan fingerprint density at radius 3 is 2.50 bits per heavy atom. The maximum absolute atomic E-state index is 13.0. The molecule has 1 aromatic rings. The van der Waals surface area contributed by atoms with E-state index < -0.39 is 11.5 Å². The molecule has 3 nitrogen and oxygen atoms in total. The number of aliphatic hydroxyl groups excluding tert-OH is 1. The summed E-state index contributed by atoms with van der Waals surface area (Å²) >= 11 is 6.14. The third-order valence-corrected chi connectivity index (χ3v) is 7.24. The summed E-state index contributed by atoms with van der Waals surface area (Å²) in [5.41, 5.74) is 0.801. The molecule has 2 bridgehead atoms. The first-order valence-corrected chi connectivity index (χ1v) is 8.27. The second-order valence-electron chi connectivity index (χ2n) is 7.76. The van der Waals surface area contributed by atoms with E-state index in [2.05, 4.69) is 26.1 Å². The molecule has 3 unspecified atom stereocenters. The fraction of sp³-hybridized carbons (Fsp3) is 0.611. The van der Waals surface area contributed by atoms with Crippen LogP contribution in [0.3, 0.4) is 0 Å². The monoisotopic (exact) mass is 321 g/mol. The second-order valence-corrected chi connectivity index (χ2v) is 8.17. The maximum Gasteiger partial charge on any atom is 0.231 e. The van der Waals surface area contributed by atoms with Gasteiger partial charge in [0.1, 0.15) is 0 Å². The zero-order valence-corrected chi connectivity index (χ0v) is 14.4. The molecule has 1 amide bonds. The van der Waals surface area contributed by atoms with Crippen LogP contribution in [0.1, 0.15) is 45.6 Å². The fourth-order valence-corrected chi connectivity index (χ4v) is 4.73. The van der Waals surface area contributed by atoms with Gasteiger partial charge in [0.05, 0.1) is 11.5 Å². The standard InChI is InChI=1S/C18H24ClNO2/c1-11-5-6-12(9-13(11)19)20-15(22)18-8-7-17(4,14(21)10-18)16(18,2)3/h5-6,9,14,21H,7-8,10H2,1-4H3,(H,20,22). The van der Waals surface area contributed by atoms with Crippen molar-refractivity contribution in [1.29, 1.82) is 0 Å². The summed E-state index contributed by atoms with van der Waals surface area (Å²) in [4.78, 5) is 13.0. The molecule has 2 N–H and O–H groups in total. The van der Waals surface area contributed by atoms with E-state index in [9.17, 15) is 9.90 Å². The van der Waals surface area contributed by atoms with Crippen molar-refractivity contribution in [3.05, 3.63) is 28.8 Å². The number of benzene rings is 1. The molecule has 0 heterocycles. The van der Waals surface area contributed by atoms with E-state index in [4.69, 9.17) is 11.6 Å². The molecule has 0 saturated heterocycles. The van der Waals surface area contributed by atoms with Gasteiger partial charge in [-0.3, -0.25) is 4.79 Å². The van der Waals surface area contributed by atoms with E-state index in [0.717, 1.165) is 24.1 Å². The number of aliphatic hydroxyl groups is 1. The number of carbonyl (C=O) groups excluding carboxylic acids is 1. The molecule has 0 radical (unpaired) electrons. The molecule has 0 aromatic heterocycles. The highest BCUT2D eigenvalue weighted by Crippen LogP contribution is 2.72. The van der Waals surface area contributed by atoms with Gasteiger partial charge in [0.15, 0.2) is 0 Å². The van der Waals surface area contributed by atoms with Crippen LogP contribution in [-0.4, -0.2) is 17.1 Å². The summed E-state index contributed by atoms with van der Waals surface area (Å²) in [6.07, 6.45) is 1.85. The summed E-state index contributed by atoms with van der Waals surface area (Å²) in [6, 6.07) is 5.57. The van der Waals surface area contributed by atoms with E-state index in [-0.39, 0.29) is 16.7 Å². The number of amides is 1. The lowest BCUT2D eigenvalue weighted by molar-refractivity contribution is -0.130. The van der Waals surface area contributed by atoms with Crippen LogP contribution in [-0.2, 0) is 4.79 Å². The quantitative estimate of drug-likeness (QED) is 0.859. The van der Waals surface area contributed by atoms with E-state index in [0.29, 0.717) is 11.4 Å². The zero-order chi connectivity index (χ0) is 16.3. The lowest BCUT2D eigenvalue weighted by Crippen LogP contribution is -2.43. The largest absolute Gasteiger partial charge is 0.393 e. The maximum atomic E-state index is 13.0. The Kier molecular flexibility index (Phi) is 3.39. The highest BCUT2D eigenvalue weighted by molar-refractivity contribution is 6.31. The van der Waals surface area contributed by atoms with Crippen molar-refractivity contribution in [2.45, 2.75) is 53.1 Å². The molecule has 2 aliphatic rings. The Labute approximate surface area is 137 Å². The Morgan fingerprint density at radius 1 is 1.32 bits per heavy atom. The highest BCUT2D eigenvalue weighted by atomic mass is 35.5.